The minimum absolute atomic E-state index is 0.0645. The zero-order valence-corrected chi connectivity index (χ0v) is 17.3. The Morgan fingerprint density at radius 2 is 1.69 bits per heavy atom. The van der Waals surface area contributed by atoms with E-state index in [-0.39, 0.29) is 11.9 Å². The van der Waals surface area contributed by atoms with Gasteiger partial charge in [0.2, 0.25) is 0 Å². The summed E-state index contributed by atoms with van der Waals surface area (Å²) in [5.41, 5.74) is 5.25. The molecule has 150 valence electrons. The van der Waals surface area contributed by atoms with Gasteiger partial charge in [-0.1, -0.05) is 25.0 Å². The van der Waals surface area contributed by atoms with Crippen molar-refractivity contribution in [3.05, 3.63) is 65.0 Å². The van der Waals surface area contributed by atoms with Crippen LogP contribution in [-0.2, 0) is 0 Å². The van der Waals surface area contributed by atoms with Gasteiger partial charge in [0.05, 0.1) is 35.6 Å². The third-order valence-corrected chi connectivity index (χ3v) is 5.84. The van der Waals surface area contributed by atoms with E-state index in [0.29, 0.717) is 5.56 Å². The highest BCUT2D eigenvalue weighted by Crippen LogP contribution is 2.32. The third kappa shape index (κ3) is 3.95. The summed E-state index contributed by atoms with van der Waals surface area (Å²) in [6.07, 6.45) is 4.29. The van der Waals surface area contributed by atoms with Crippen LogP contribution in [0.15, 0.2) is 42.5 Å². The lowest BCUT2D eigenvalue weighted by molar-refractivity contribution is 0.0681. The first kappa shape index (κ1) is 19.4. The molecule has 29 heavy (non-hydrogen) atoms. The molecular weight excluding hydrogens is 362 g/mol. The number of fused-ring (bicyclic) bond motifs is 1. The molecule has 0 radical (unpaired) electrons. The van der Waals surface area contributed by atoms with Gasteiger partial charge in [-0.05, 0) is 62.6 Å². The van der Waals surface area contributed by atoms with E-state index in [0.717, 1.165) is 66.0 Å². The van der Waals surface area contributed by atoms with Crippen molar-refractivity contribution in [3.8, 4) is 5.75 Å². The highest BCUT2D eigenvalue weighted by molar-refractivity contribution is 5.97. The number of aryl methyl sites for hydroxylation is 2. The molecule has 4 rings (SSSR count). The molecule has 1 unspecified atom stereocenters. The molecule has 5 nitrogen and oxygen atoms in total. The quantitative estimate of drug-likeness (QED) is 0.632. The summed E-state index contributed by atoms with van der Waals surface area (Å²) >= 11 is 0. The first-order chi connectivity index (χ1) is 14.1. The van der Waals surface area contributed by atoms with Crippen LogP contribution >= 0.6 is 0 Å². The number of amides is 1. The van der Waals surface area contributed by atoms with Crippen molar-refractivity contribution in [1.82, 2.24) is 14.9 Å². The molecule has 0 saturated carbocycles. The van der Waals surface area contributed by atoms with Crippen LogP contribution in [0.2, 0.25) is 0 Å². The molecule has 0 bridgehead atoms. The molecule has 2 heterocycles. The maximum Gasteiger partial charge on any atom is 0.254 e. The predicted molar refractivity (Wildman–Crippen MR) is 114 cm³/mol. The van der Waals surface area contributed by atoms with Gasteiger partial charge in [-0.3, -0.25) is 4.79 Å². The Morgan fingerprint density at radius 3 is 2.41 bits per heavy atom. The van der Waals surface area contributed by atoms with E-state index in [1.807, 2.05) is 49.1 Å². The van der Waals surface area contributed by atoms with Crippen LogP contribution < -0.4 is 4.74 Å². The first-order valence-corrected chi connectivity index (χ1v) is 10.3. The lowest BCUT2D eigenvalue weighted by Gasteiger charge is -2.31. The van der Waals surface area contributed by atoms with E-state index in [1.165, 1.54) is 0 Å². The Morgan fingerprint density at radius 1 is 0.966 bits per heavy atom. The lowest BCUT2D eigenvalue weighted by Crippen LogP contribution is -2.34. The largest absolute Gasteiger partial charge is 0.497 e. The summed E-state index contributed by atoms with van der Waals surface area (Å²) in [4.78, 5) is 24.8. The predicted octanol–water partition coefficient (Wildman–Crippen LogP) is 5.01. The zero-order chi connectivity index (χ0) is 20.4. The van der Waals surface area contributed by atoms with Gasteiger partial charge in [0.25, 0.3) is 5.91 Å². The second-order valence-corrected chi connectivity index (χ2v) is 7.73. The minimum atomic E-state index is 0.0645. The van der Waals surface area contributed by atoms with Gasteiger partial charge in [-0.25, -0.2) is 9.97 Å². The smallest absolute Gasteiger partial charge is 0.254 e. The summed E-state index contributed by atoms with van der Waals surface area (Å²) in [7, 11) is 1.67. The molecule has 2 aromatic carbocycles. The Balaban J connectivity index is 1.68. The Bertz CT molecular complexity index is 1030. The molecule has 1 atom stereocenters. The van der Waals surface area contributed by atoms with E-state index in [4.69, 9.17) is 4.74 Å². The van der Waals surface area contributed by atoms with Crippen molar-refractivity contribution in [1.29, 1.82) is 0 Å². The average Bonchev–Trinajstić information content (AvgIpc) is 3.00. The molecule has 1 fully saturated rings. The fourth-order valence-corrected chi connectivity index (χ4v) is 4.05. The second kappa shape index (κ2) is 8.19. The molecule has 5 heteroatoms. The number of likely N-dealkylation sites (tertiary alicyclic amines) is 1. The number of rotatable bonds is 3. The van der Waals surface area contributed by atoms with E-state index >= 15 is 0 Å². The van der Waals surface area contributed by atoms with Crippen LogP contribution in [0, 0.1) is 13.8 Å². The maximum absolute atomic E-state index is 13.5. The van der Waals surface area contributed by atoms with Crippen LogP contribution in [0.4, 0.5) is 0 Å². The number of carbonyl (C=O) groups is 1. The average molecular weight is 389 g/mol. The normalized spacial score (nSPS) is 17.2. The molecule has 1 amide bonds. The molecule has 1 saturated heterocycles. The van der Waals surface area contributed by atoms with Crippen molar-refractivity contribution >= 4 is 16.9 Å². The van der Waals surface area contributed by atoms with Crippen LogP contribution in [0.25, 0.3) is 11.0 Å². The van der Waals surface area contributed by atoms with Gasteiger partial charge in [0, 0.05) is 12.1 Å². The lowest BCUT2D eigenvalue weighted by atomic mass is 9.99. The summed E-state index contributed by atoms with van der Waals surface area (Å²) in [5, 5.41) is 0. The van der Waals surface area contributed by atoms with Crippen LogP contribution in [-0.4, -0.2) is 34.4 Å². The summed E-state index contributed by atoms with van der Waals surface area (Å²) < 4.78 is 5.29. The fraction of sp³-hybridized carbons (Fsp3) is 0.375. The number of hydrogen-bond donors (Lipinski definition) is 0. The number of hydrogen-bond acceptors (Lipinski definition) is 4. The summed E-state index contributed by atoms with van der Waals surface area (Å²) in [6, 6.07) is 13.8. The number of carbonyl (C=O) groups excluding carboxylic acids is 1. The van der Waals surface area contributed by atoms with E-state index in [1.54, 1.807) is 7.11 Å². The van der Waals surface area contributed by atoms with Gasteiger partial charge in [0.15, 0.2) is 0 Å². The Hall–Kier alpha value is -2.95. The molecule has 1 aliphatic heterocycles. The standard InChI is InChI=1S/C24H27N3O2/c1-16-17(2)26-22-15-19(10-13-21(22)25-16)24(28)27-14-6-4-5-7-23(27)18-8-11-20(29-3)12-9-18/h8-13,15,23H,4-7,14H2,1-3H3. The van der Waals surface area contributed by atoms with Gasteiger partial charge >= 0.3 is 0 Å². The third-order valence-electron chi connectivity index (χ3n) is 5.84. The van der Waals surface area contributed by atoms with Crippen molar-refractivity contribution in [2.75, 3.05) is 13.7 Å². The Kier molecular flexibility index (Phi) is 5.47. The maximum atomic E-state index is 13.5. The number of aromatic nitrogens is 2. The van der Waals surface area contributed by atoms with E-state index in [9.17, 15) is 4.79 Å². The van der Waals surface area contributed by atoms with Crippen molar-refractivity contribution in [2.24, 2.45) is 0 Å². The molecule has 0 aliphatic carbocycles. The van der Waals surface area contributed by atoms with Crippen LogP contribution in [0.5, 0.6) is 5.75 Å². The van der Waals surface area contributed by atoms with Crippen molar-refractivity contribution in [2.45, 2.75) is 45.6 Å². The van der Waals surface area contributed by atoms with E-state index < -0.39 is 0 Å². The summed E-state index contributed by atoms with van der Waals surface area (Å²) in [5.74, 6) is 0.897. The minimum Gasteiger partial charge on any atom is -0.497 e. The van der Waals surface area contributed by atoms with Crippen molar-refractivity contribution < 1.29 is 9.53 Å². The molecular formula is C24H27N3O2. The van der Waals surface area contributed by atoms with Gasteiger partial charge in [-0.2, -0.15) is 0 Å². The fourth-order valence-electron chi connectivity index (χ4n) is 4.05. The monoisotopic (exact) mass is 389 g/mol. The number of methoxy groups -OCH3 is 1. The highest BCUT2D eigenvalue weighted by atomic mass is 16.5. The number of benzene rings is 2. The van der Waals surface area contributed by atoms with Crippen LogP contribution in [0.3, 0.4) is 0 Å². The Labute approximate surface area is 171 Å². The highest BCUT2D eigenvalue weighted by Gasteiger charge is 2.28. The number of nitrogens with zero attached hydrogens (tertiary/aromatic N) is 3. The molecule has 0 N–H and O–H groups in total. The SMILES string of the molecule is COc1ccc(C2CCCCCN2C(=O)c2ccc3nc(C)c(C)nc3c2)cc1. The molecule has 0 spiro atoms. The number of ether oxygens (including phenoxy) is 1. The first-order valence-electron chi connectivity index (χ1n) is 10.3. The second-order valence-electron chi connectivity index (χ2n) is 7.73. The van der Waals surface area contributed by atoms with Crippen LogP contribution in [0.1, 0.15) is 59.0 Å². The molecule has 1 aromatic heterocycles. The van der Waals surface area contributed by atoms with Gasteiger partial charge in [0.1, 0.15) is 5.75 Å². The molecule has 1 aliphatic rings. The topological polar surface area (TPSA) is 55.3 Å². The molecule has 3 aromatic rings. The van der Waals surface area contributed by atoms with Gasteiger partial charge < -0.3 is 9.64 Å². The summed E-state index contributed by atoms with van der Waals surface area (Å²) in [6.45, 7) is 4.68. The van der Waals surface area contributed by atoms with Gasteiger partial charge in [-0.15, -0.1) is 0 Å². The van der Waals surface area contributed by atoms with Crippen molar-refractivity contribution in [3.63, 3.8) is 0 Å². The zero-order valence-electron chi connectivity index (χ0n) is 17.3. The van der Waals surface area contributed by atoms with E-state index in [2.05, 4.69) is 22.1 Å².